The van der Waals surface area contributed by atoms with Crippen molar-refractivity contribution in [3.05, 3.63) is 11.3 Å². The van der Waals surface area contributed by atoms with Gasteiger partial charge in [0, 0.05) is 14.1 Å². The lowest BCUT2D eigenvalue weighted by atomic mass is 9.81. The van der Waals surface area contributed by atoms with Crippen LogP contribution in [0.2, 0.25) is 0 Å². The van der Waals surface area contributed by atoms with Crippen LogP contribution in [-0.2, 0) is 4.79 Å². The second-order valence-corrected chi connectivity index (χ2v) is 4.81. The predicted octanol–water partition coefficient (Wildman–Crippen LogP) is 1.85. The maximum atomic E-state index is 12.7. The van der Waals surface area contributed by atoms with Gasteiger partial charge >= 0.3 is 12.1 Å². The Labute approximate surface area is 103 Å². The molecule has 0 saturated heterocycles. The van der Waals surface area contributed by atoms with Gasteiger partial charge in [-0.3, -0.25) is 0 Å². The van der Waals surface area contributed by atoms with Crippen molar-refractivity contribution in [1.82, 2.24) is 10.0 Å². The van der Waals surface area contributed by atoms with Crippen LogP contribution in [-0.4, -0.2) is 47.4 Å². The molecular weight excluding hydrogens is 249 g/mol. The standard InChI is InChI=1S/C11H15F3N2O2/c1-15-8-4-3-6(11(12,13)14)5-7(8)9(10(17)18)16(15)2/h6,8H,3-5H2,1-2H3,(H,17,18)/t6-,8?/m0/s1. The average molecular weight is 264 g/mol. The molecule has 4 nitrogen and oxygen atoms in total. The van der Waals surface area contributed by atoms with Crippen LogP contribution in [0.4, 0.5) is 13.2 Å². The smallest absolute Gasteiger partial charge is 0.392 e. The molecule has 0 aromatic carbocycles. The number of alkyl halides is 3. The summed E-state index contributed by atoms with van der Waals surface area (Å²) in [6.45, 7) is 0. The van der Waals surface area contributed by atoms with Gasteiger partial charge in [-0.25, -0.2) is 9.80 Å². The lowest BCUT2D eigenvalue weighted by Gasteiger charge is -2.33. The topological polar surface area (TPSA) is 43.8 Å². The van der Waals surface area contributed by atoms with Crippen LogP contribution in [0.1, 0.15) is 19.3 Å². The summed E-state index contributed by atoms with van der Waals surface area (Å²) in [6.07, 6.45) is -4.05. The maximum absolute atomic E-state index is 12.7. The average Bonchev–Trinajstić information content (AvgIpc) is 2.50. The Hall–Kier alpha value is -1.24. The van der Waals surface area contributed by atoms with Gasteiger partial charge in [0.05, 0.1) is 12.0 Å². The van der Waals surface area contributed by atoms with Gasteiger partial charge in [-0.05, 0) is 24.8 Å². The van der Waals surface area contributed by atoms with Crippen LogP contribution < -0.4 is 0 Å². The Morgan fingerprint density at radius 1 is 1.33 bits per heavy atom. The molecule has 0 amide bonds. The molecule has 1 aliphatic heterocycles. The third-order valence-corrected chi connectivity index (χ3v) is 3.87. The van der Waals surface area contributed by atoms with Gasteiger partial charge in [0.15, 0.2) is 0 Å². The number of carboxylic acid groups (broad SMARTS) is 1. The van der Waals surface area contributed by atoms with Gasteiger partial charge in [-0.15, -0.1) is 0 Å². The van der Waals surface area contributed by atoms with E-state index in [1.54, 1.807) is 19.1 Å². The molecule has 102 valence electrons. The number of hydrogen-bond donors (Lipinski definition) is 1. The second kappa shape index (κ2) is 4.15. The first-order chi connectivity index (χ1) is 8.23. The Morgan fingerprint density at radius 2 is 1.94 bits per heavy atom. The van der Waals surface area contributed by atoms with Crippen LogP contribution in [0.5, 0.6) is 0 Å². The third-order valence-electron chi connectivity index (χ3n) is 3.87. The SMILES string of the molecule is CN1C(C(=O)O)=C2C[C@@H](C(F)(F)F)CCC2N1C. The molecule has 7 heteroatoms. The van der Waals surface area contributed by atoms with Gasteiger partial charge in [-0.2, -0.15) is 13.2 Å². The van der Waals surface area contributed by atoms with Gasteiger partial charge in [0.2, 0.25) is 0 Å². The molecule has 1 saturated carbocycles. The Kier molecular flexibility index (Phi) is 3.04. The molecule has 0 radical (unpaired) electrons. The number of nitrogens with zero attached hydrogens (tertiary/aromatic N) is 2. The largest absolute Gasteiger partial charge is 0.477 e. The van der Waals surface area contributed by atoms with Crippen LogP contribution in [0.3, 0.4) is 0 Å². The van der Waals surface area contributed by atoms with Crippen molar-refractivity contribution in [3.8, 4) is 0 Å². The first-order valence-electron chi connectivity index (χ1n) is 5.73. The molecule has 2 rings (SSSR count). The first-order valence-corrected chi connectivity index (χ1v) is 5.73. The number of fused-ring (bicyclic) bond motifs is 1. The number of hydrazine groups is 1. The van der Waals surface area contributed by atoms with E-state index in [1.807, 2.05) is 0 Å². The maximum Gasteiger partial charge on any atom is 0.392 e. The molecule has 1 unspecified atom stereocenters. The monoisotopic (exact) mass is 264 g/mol. The number of carboxylic acids is 1. The molecule has 2 aliphatic rings. The van der Waals surface area contributed by atoms with E-state index < -0.39 is 18.1 Å². The fourth-order valence-corrected chi connectivity index (χ4v) is 2.83. The van der Waals surface area contributed by atoms with Crippen molar-refractivity contribution >= 4 is 5.97 Å². The molecular formula is C11H15F3N2O2. The number of rotatable bonds is 1. The van der Waals surface area contributed by atoms with E-state index in [0.29, 0.717) is 12.0 Å². The van der Waals surface area contributed by atoms with Crippen molar-refractivity contribution in [2.24, 2.45) is 5.92 Å². The highest BCUT2D eigenvalue weighted by Crippen LogP contribution is 2.45. The highest BCUT2D eigenvalue weighted by atomic mass is 19.4. The summed E-state index contributed by atoms with van der Waals surface area (Å²) in [7, 11) is 3.27. The Bertz CT molecular complexity index is 406. The summed E-state index contributed by atoms with van der Waals surface area (Å²) >= 11 is 0. The lowest BCUT2D eigenvalue weighted by molar-refractivity contribution is -0.180. The van der Waals surface area contributed by atoms with Crippen molar-refractivity contribution in [1.29, 1.82) is 0 Å². The van der Waals surface area contributed by atoms with Crippen molar-refractivity contribution in [2.45, 2.75) is 31.5 Å². The van der Waals surface area contributed by atoms with E-state index in [4.69, 9.17) is 5.11 Å². The zero-order valence-corrected chi connectivity index (χ0v) is 10.2. The molecule has 1 heterocycles. The number of halogens is 3. The minimum absolute atomic E-state index is 0.00329. The molecule has 0 aromatic heterocycles. The van der Waals surface area contributed by atoms with E-state index in [0.717, 1.165) is 0 Å². The third kappa shape index (κ3) is 1.96. The Balaban J connectivity index is 2.33. The van der Waals surface area contributed by atoms with Crippen LogP contribution in [0, 0.1) is 5.92 Å². The normalized spacial score (nSPS) is 29.7. The van der Waals surface area contributed by atoms with E-state index in [-0.39, 0.29) is 24.6 Å². The lowest BCUT2D eigenvalue weighted by Crippen LogP contribution is -2.40. The van der Waals surface area contributed by atoms with Crippen molar-refractivity contribution < 1.29 is 23.1 Å². The predicted molar refractivity (Wildman–Crippen MR) is 57.4 cm³/mol. The second-order valence-electron chi connectivity index (χ2n) is 4.81. The minimum Gasteiger partial charge on any atom is -0.477 e. The van der Waals surface area contributed by atoms with Crippen molar-refractivity contribution in [3.63, 3.8) is 0 Å². The van der Waals surface area contributed by atoms with Crippen molar-refractivity contribution in [2.75, 3.05) is 14.1 Å². The highest BCUT2D eigenvalue weighted by Gasteiger charge is 2.48. The molecule has 1 aliphatic carbocycles. The summed E-state index contributed by atoms with van der Waals surface area (Å²) in [5.41, 5.74) is 0.400. The molecule has 1 fully saturated rings. The van der Waals surface area contributed by atoms with Gasteiger partial charge in [-0.1, -0.05) is 0 Å². The number of aliphatic carboxylic acids is 1. The van der Waals surface area contributed by atoms with Crippen LogP contribution in [0.25, 0.3) is 0 Å². The molecule has 0 aromatic rings. The summed E-state index contributed by atoms with van der Waals surface area (Å²) in [4.78, 5) is 11.2. The minimum atomic E-state index is -4.25. The zero-order valence-electron chi connectivity index (χ0n) is 10.2. The highest BCUT2D eigenvalue weighted by molar-refractivity contribution is 5.87. The first kappa shape index (κ1) is 13.2. The summed E-state index contributed by atoms with van der Waals surface area (Å²) in [5, 5.41) is 12.3. The molecule has 2 atom stereocenters. The van der Waals surface area contributed by atoms with E-state index in [2.05, 4.69) is 0 Å². The van der Waals surface area contributed by atoms with Gasteiger partial charge in [0.25, 0.3) is 0 Å². The summed E-state index contributed by atoms with van der Waals surface area (Å²) < 4.78 is 38.2. The van der Waals surface area contributed by atoms with Gasteiger partial charge < -0.3 is 10.1 Å². The fourth-order valence-electron chi connectivity index (χ4n) is 2.83. The van der Waals surface area contributed by atoms with E-state index in [9.17, 15) is 18.0 Å². The van der Waals surface area contributed by atoms with E-state index >= 15 is 0 Å². The Morgan fingerprint density at radius 3 is 2.44 bits per heavy atom. The fraction of sp³-hybridized carbons (Fsp3) is 0.727. The molecule has 1 N–H and O–H groups in total. The summed E-state index contributed by atoms with van der Waals surface area (Å²) in [6, 6.07) is -0.209. The number of hydrogen-bond acceptors (Lipinski definition) is 3. The number of carbonyl (C=O) groups is 1. The van der Waals surface area contributed by atoms with E-state index in [1.165, 1.54) is 5.01 Å². The molecule has 18 heavy (non-hydrogen) atoms. The summed E-state index contributed by atoms with van der Waals surface area (Å²) in [5.74, 6) is -2.58. The zero-order chi connectivity index (χ0) is 13.7. The quantitative estimate of drug-likeness (QED) is 0.785. The van der Waals surface area contributed by atoms with Crippen LogP contribution >= 0.6 is 0 Å². The van der Waals surface area contributed by atoms with Gasteiger partial charge in [0.1, 0.15) is 5.70 Å². The molecule has 0 bridgehead atoms. The van der Waals surface area contributed by atoms with Crippen LogP contribution in [0.15, 0.2) is 11.3 Å². The molecule has 0 spiro atoms. The number of likely N-dealkylation sites (N-methyl/N-ethyl adjacent to an activating group) is 2.